The maximum atomic E-state index is 11.2. The second-order valence-electron chi connectivity index (χ2n) is 3.68. The molecule has 0 heterocycles. The number of benzene rings is 1. The third-order valence-electron chi connectivity index (χ3n) is 2.21. The van der Waals surface area contributed by atoms with Crippen LogP contribution in [0.3, 0.4) is 0 Å². The second kappa shape index (κ2) is 7.29. The Bertz CT molecular complexity index is 404. The van der Waals surface area contributed by atoms with E-state index in [2.05, 4.69) is 10.7 Å². The van der Waals surface area contributed by atoms with E-state index in [1.54, 1.807) is 24.3 Å². The fourth-order valence-corrected chi connectivity index (χ4v) is 1.31. The number of carbonyl (C=O) groups excluding carboxylic acids is 2. The van der Waals surface area contributed by atoms with Crippen LogP contribution in [0.25, 0.3) is 0 Å². The van der Waals surface area contributed by atoms with Gasteiger partial charge in [-0.05, 0) is 30.7 Å². The zero-order valence-corrected chi connectivity index (χ0v) is 10.2. The number of ether oxygens (including phenoxy) is 1. The van der Waals surface area contributed by atoms with Crippen molar-refractivity contribution in [1.29, 1.82) is 0 Å². The molecule has 1 rings (SSSR count). The van der Waals surface area contributed by atoms with Crippen molar-refractivity contribution in [1.82, 2.24) is 10.7 Å². The molecule has 6 nitrogen and oxygen atoms in total. The maximum Gasteiger partial charge on any atom is 0.265 e. The molecule has 2 amide bonds. The first kappa shape index (κ1) is 14.0. The summed E-state index contributed by atoms with van der Waals surface area (Å²) in [6.45, 7) is 2.56. The summed E-state index contributed by atoms with van der Waals surface area (Å²) in [4.78, 5) is 21.8. The monoisotopic (exact) mass is 251 g/mol. The number of hydrazine groups is 1. The molecule has 0 fully saturated rings. The van der Waals surface area contributed by atoms with Crippen molar-refractivity contribution in [2.45, 2.75) is 13.3 Å². The van der Waals surface area contributed by atoms with Crippen LogP contribution in [0.15, 0.2) is 24.3 Å². The van der Waals surface area contributed by atoms with Crippen LogP contribution >= 0.6 is 0 Å². The van der Waals surface area contributed by atoms with Gasteiger partial charge in [0.15, 0.2) is 0 Å². The van der Waals surface area contributed by atoms with Gasteiger partial charge in [-0.1, -0.05) is 0 Å². The van der Waals surface area contributed by atoms with Gasteiger partial charge in [0.1, 0.15) is 5.75 Å². The van der Waals surface area contributed by atoms with Crippen LogP contribution < -0.4 is 21.3 Å². The van der Waals surface area contributed by atoms with E-state index in [0.717, 1.165) is 6.42 Å². The molecule has 0 bridgehead atoms. The van der Waals surface area contributed by atoms with E-state index >= 15 is 0 Å². The summed E-state index contributed by atoms with van der Waals surface area (Å²) in [7, 11) is 0. The van der Waals surface area contributed by atoms with E-state index in [4.69, 9.17) is 10.6 Å². The van der Waals surface area contributed by atoms with Gasteiger partial charge in [-0.2, -0.15) is 0 Å². The number of nitrogen functional groups attached to an aromatic ring is 1. The minimum Gasteiger partial charge on any atom is -0.494 e. The van der Waals surface area contributed by atoms with Crippen LogP contribution in [0.4, 0.5) is 0 Å². The zero-order chi connectivity index (χ0) is 13.4. The van der Waals surface area contributed by atoms with E-state index in [0.29, 0.717) is 24.5 Å². The zero-order valence-electron chi connectivity index (χ0n) is 10.2. The van der Waals surface area contributed by atoms with Gasteiger partial charge in [0.25, 0.3) is 5.91 Å². The van der Waals surface area contributed by atoms with Crippen molar-refractivity contribution in [2.24, 2.45) is 5.84 Å². The molecule has 0 aliphatic rings. The van der Waals surface area contributed by atoms with Crippen molar-refractivity contribution < 1.29 is 14.3 Å². The Morgan fingerprint density at radius 1 is 1.28 bits per heavy atom. The van der Waals surface area contributed by atoms with Gasteiger partial charge in [0.05, 0.1) is 6.61 Å². The number of hydrogen-bond acceptors (Lipinski definition) is 4. The number of rotatable bonds is 6. The fourth-order valence-electron chi connectivity index (χ4n) is 1.31. The SMILES string of the molecule is CC(=O)NCCCOc1ccc(C(=O)NN)cc1. The molecule has 0 aliphatic carbocycles. The molecule has 18 heavy (non-hydrogen) atoms. The first-order valence-corrected chi connectivity index (χ1v) is 5.61. The standard InChI is InChI=1S/C12H17N3O3/c1-9(16)14-7-2-8-18-11-5-3-10(4-6-11)12(17)15-13/h3-6H,2,7-8,13H2,1H3,(H,14,16)(H,15,17). The van der Waals surface area contributed by atoms with Gasteiger partial charge in [0.2, 0.25) is 5.91 Å². The topological polar surface area (TPSA) is 93.4 Å². The van der Waals surface area contributed by atoms with Crippen molar-refractivity contribution in [2.75, 3.05) is 13.2 Å². The Morgan fingerprint density at radius 2 is 1.94 bits per heavy atom. The molecule has 0 aliphatic heterocycles. The predicted octanol–water partition coefficient (Wildman–Crippen LogP) is 0.195. The van der Waals surface area contributed by atoms with E-state index < -0.39 is 0 Å². The summed E-state index contributed by atoms with van der Waals surface area (Å²) in [5.41, 5.74) is 2.53. The highest BCUT2D eigenvalue weighted by Crippen LogP contribution is 2.12. The van der Waals surface area contributed by atoms with Crippen molar-refractivity contribution >= 4 is 11.8 Å². The highest BCUT2D eigenvalue weighted by molar-refractivity contribution is 5.93. The Morgan fingerprint density at radius 3 is 2.50 bits per heavy atom. The summed E-state index contributed by atoms with van der Waals surface area (Å²) in [5.74, 6) is 5.30. The fraction of sp³-hybridized carbons (Fsp3) is 0.333. The van der Waals surface area contributed by atoms with Crippen molar-refractivity contribution in [3.05, 3.63) is 29.8 Å². The molecule has 0 atom stereocenters. The lowest BCUT2D eigenvalue weighted by atomic mass is 10.2. The summed E-state index contributed by atoms with van der Waals surface area (Å²) in [6, 6.07) is 6.66. The van der Waals surface area contributed by atoms with Gasteiger partial charge in [-0.3, -0.25) is 15.0 Å². The molecule has 0 unspecified atom stereocenters. The lowest BCUT2D eigenvalue weighted by Gasteiger charge is -2.07. The number of hydrogen-bond donors (Lipinski definition) is 3. The highest BCUT2D eigenvalue weighted by Gasteiger charge is 2.02. The van der Waals surface area contributed by atoms with E-state index in [-0.39, 0.29) is 11.8 Å². The molecule has 6 heteroatoms. The van der Waals surface area contributed by atoms with E-state index in [1.807, 2.05) is 0 Å². The van der Waals surface area contributed by atoms with Crippen LogP contribution in [-0.4, -0.2) is 25.0 Å². The summed E-state index contributed by atoms with van der Waals surface area (Å²) >= 11 is 0. The minimum absolute atomic E-state index is 0.0489. The van der Waals surface area contributed by atoms with Gasteiger partial charge >= 0.3 is 0 Å². The minimum atomic E-state index is -0.341. The smallest absolute Gasteiger partial charge is 0.265 e. The summed E-state index contributed by atoms with van der Waals surface area (Å²) < 4.78 is 5.44. The third-order valence-corrected chi connectivity index (χ3v) is 2.21. The number of nitrogens with one attached hydrogen (secondary N) is 2. The first-order chi connectivity index (χ1) is 8.63. The first-order valence-electron chi connectivity index (χ1n) is 5.61. The van der Waals surface area contributed by atoms with Crippen LogP contribution in [0.5, 0.6) is 5.75 Å². The molecule has 1 aromatic carbocycles. The predicted molar refractivity (Wildman–Crippen MR) is 66.9 cm³/mol. The maximum absolute atomic E-state index is 11.2. The van der Waals surface area contributed by atoms with Gasteiger partial charge in [-0.15, -0.1) is 0 Å². The largest absolute Gasteiger partial charge is 0.494 e. The van der Waals surface area contributed by atoms with Crippen LogP contribution in [0.2, 0.25) is 0 Å². The number of nitrogens with two attached hydrogens (primary N) is 1. The van der Waals surface area contributed by atoms with Crippen LogP contribution in [0.1, 0.15) is 23.7 Å². The highest BCUT2D eigenvalue weighted by atomic mass is 16.5. The van der Waals surface area contributed by atoms with Crippen LogP contribution in [0, 0.1) is 0 Å². The lowest BCUT2D eigenvalue weighted by molar-refractivity contribution is -0.118. The Kier molecular flexibility index (Phi) is 5.66. The molecule has 4 N–H and O–H groups in total. The van der Waals surface area contributed by atoms with Gasteiger partial charge in [0, 0.05) is 19.0 Å². The number of amides is 2. The molecule has 0 saturated carbocycles. The molecule has 0 saturated heterocycles. The Labute approximate surface area is 105 Å². The average molecular weight is 251 g/mol. The number of carbonyl (C=O) groups is 2. The molecule has 0 aromatic heterocycles. The molecular formula is C12H17N3O3. The summed E-state index contributed by atoms with van der Waals surface area (Å²) in [5, 5.41) is 2.68. The van der Waals surface area contributed by atoms with Crippen molar-refractivity contribution in [3.63, 3.8) is 0 Å². The Hall–Kier alpha value is -2.08. The van der Waals surface area contributed by atoms with Crippen molar-refractivity contribution in [3.8, 4) is 5.75 Å². The molecule has 1 aromatic rings. The molecule has 0 radical (unpaired) electrons. The van der Waals surface area contributed by atoms with E-state index in [1.165, 1.54) is 6.92 Å². The van der Waals surface area contributed by atoms with E-state index in [9.17, 15) is 9.59 Å². The quantitative estimate of drug-likeness (QED) is 0.291. The molecule has 98 valence electrons. The average Bonchev–Trinajstić information content (AvgIpc) is 2.38. The Balaban J connectivity index is 2.31. The lowest BCUT2D eigenvalue weighted by Crippen LogP contribution is -2.29. The summed E-state index contributed by atoms with van der Waals surface area (Å²) in [6.07, 6.45) is 0.727. The molecule has 0 spiro atoms. The third kappa shape index (κ3) is 4.84. The second-order valence-corrected chi connectivity index (χ2v) is 3.68. The van der Waals surface area contributed by atoms with Gasteiger partial charge < -0.3 is 10.1 Å². The van der Waals surface area contributed by atoms with Crippen LogP contribution in [-0.2, 0) is 4.79 Å². The van der Waals surface area contributed by atoms with Gasteiger partial charge in [-0.25, -0.2) is 5.84 Å². The molecular weight excluding hydrogens is 234 g/mol. The normalized spacial score (nSPS) is 9.67.